The quantitative estimate of drug-likeness (QED) is 0.751. The molecule has 2 fully saturated rings. The van der Waals surface area contributed by atoms with Gasteiger partial charge in [-0.25, -0.2) is 0 Å². The average molecular weight is 348 g/mol. The zero-order chi connectivity index (χ0) is 17.6. The van der Waals surface area contributed by atoms with Crippen molar-refractivity contribution in [3.8, 4) is 5.75 Å². The highest BCUT2D eigenvalue weighted by molar-refractivity contribution is 5.28. The molecule has 0 bridgehead atoms. The topological polar surface area (TPSA) is 56.2 Å². The predicted octanol–water partition coefficient (Wildman–Crippen LogP) is 1.87. The van der Waals surface area contributed by atoms with Gasteiger partial charge in [-0.05, 0) is 37.6 Å². The van der Waals surface area contributed by atoms with E-state index in [1.165, 1.54) is 37.7 Å². The van der Waals surface area contributed by atoms with Gasteiger partial charge >= 0.3 is 0 Å². The van der Waals surface area contributed by atoms with E-state index in [-0.39, 0.29) is 6.10 Å². The van der Waals surface area contributed by atoms with Crippen LogP contribution in [0.3, 0.4) is 0 Å². The minimum atomic E-state index is -0.471. The van der Waals surface area contributed by atoms with Gasteiger partial charge in [0.1, 0.15) is 18.5 Å². The van der Waals surface area contributed by atoms with Crippen LogP contribution >= 0.6 is 0 Å². The fraction of sp³-hybridized carbons (Fsp3) is 0.700. The summed E-state index contributed by atoms with van der Waals surface area (Å²) in [5, 5.41) is 19.7. The average Bonchev–Trinajstić information content (AvgIpc) is 2.60. The maximum atomic E-state index is 10.3. The molecule has 1 saturated heterocycles. The van der Waals surface area contributed by atoms with Crippen LogP contribution in [0.4, 0.5) is 0 Å². The van der Waals surface area contributed by atoms with Crippen molar-refractivity contribution in [1.82, 2.24) is 9.80 Å². The Morgan fingerprint density at radius 1 is 1.24 bits per heavy atom. The number of aliphatic hydroxyl groups is 2. The van der Waals surface area contributed by atoms with Crippen LogP contribution in [0.1, 0.15) is 37.7 Å². The van der Waals surface area contributed by atoms with Crippen LogP contribution in [-0.4, -0.2) is 71.6 Å². The van der Waals surface area contributed by atoms with Gasteiger partial charge in [0, 0.05) is 32.2 Å². The largest absolute Gasteiger partial charge is 0.491 e. The van der Waals surface area contributed by atoms with E-state index < -0.39 is 6.10 Å². The number of ether oxygens (including phenoxy) is 1. The second-order valence-electron chi connectivity index (χ2n) is 7.69. The standard InChI is InChI=1S/C20H32N2O3/c1-21(17-7-3-2-4-8-17)12-19(24)15-25-20-9-5-6-16(10-20)11-22-13-18(23)14-22/h5-6,9-10,17-19,23-24H,2-4,7-8,11-15H2,1H3. The minimum Gasteiger partial charge on any atom is -0.491 e. The molecular formula is C20H32N2O3. The summed E-state index contributed by atoms with van der Waals surface area (Å²) in [4.78, 5) is 4.50. The Balaban J connectivity index is 1.41. The normalized spacial score (nSPS) is 21.3. The minimum absolute atomic E-state index is 0.171. The molecule has 1 saturated carbocycles. The molecule has 1 aliphatic carbocycles. The van der Waals surface area contributed by atoms with E-state index in [2.05, 4.69) is 22.9 Å². The zero-order valence-corrected chi connectivity index (χ0v) is 15.3. The van der Waals surface area contributed by atoms with E-state index >= 15 is 0 Å². The first-order valence-electron chi connectivity index (χ1n) is 9.60. The molecule has 1 aromatic rings. The molecule has 3 rings (SSSR count). The molecular weight excluding hydrogens is 316 g/mol. The summed E-state index contributed by atoms with van der Waals surface area (Å²) in [6.07, 6.45) is 5.82. The molecule has 0 amide bonds. The lowest BCUT2D eigenvalue weighted by Crippen LogP contribution is -2.49. The number of nitrogens with zero attached hydrogens (tertiary/aromatic N) is 2. The summed E-state index contributed by atoms with van der Waals surface area (Å²) < 4.78 is 5.81. The highest BCUT2D eigenvalue weighted by atomic mass is 16.5. The van der Waals surface area contributed by atoms with Gasteiger partial charge in [-0.3, -0.25) is 4.90 Å². The molecule has 1 heterocycles. The summed E-state index contributed by atoms with van der Waals surface area (Å²) in [5.41, 5.74) is 1.18. The number of benzene rings is 1. The Kier molecular flexibility index (Phi) is 6.70. The molecule has 2 N–H and O–H groups in total. The van der Waals surface area contributed by atoms with Crippen LogP contribution in [0.25, 0.3) is 0 Å². The maximum absolute atomic E-state index is 10.3. The molecule has 0 aromatic heterocycles. The molecule has 1 aliphatic heterocycles. The lowest BCUT2D eigenvalue weighted by molar-refractivity contribution is -0.00292. The molecule has 1 atom stereocenters. The van der Waals surface area contributed by atoms with Crippen LogP contribution in [-0.2, 0) is 6.54 Å². The number of β-amino-alcohol motifs (C(OH)–C–C–N with tert-alkyl or cyclic N) is 1. The third-order valence-corrected chi connectivity index (χ3v) is 5.38. The number of likely N-dealkylation sites (tertiary alicyclic amines) is 1. The third-order valence-electron chi connectivity index (χ3n) is 5.38. The Labute approximate surface area is 151 Å². The molecule has 1 aromatic carbocycles. The Bertz CT molecular complexity index is 527. The summed E-state index contributed by atoms with van der Waals surface area (Å²) in [6.45, 7) is 3.31. The number of aliphatic hydroxyl groups excluding tert-OH is 2. The van der Waals surface area contributed by atoms with E-state index in [0.29, 0.717) is 19.2 Å². The first kappa shape index (κ1) is 18.6. The first-order valence-corrected chi connectivity index (χ1v) is 9.60. The first-order chi connectivity index (χ1) is 12.1. The number of hydrogen-bond acceptors (Lipinski definition) is 5. The molecule has 140 valence electrons. The summed E-state index contributed by atoms with van der Waals surface area (Å²) in [5.74, 6) is 0.804. The number of rotatable bonds is 8. The predicted molar refractivity (Wildman–Crippen MR) is 98.7 cm³/mol. The van der Waals surface area contributed by atoms with Crippen molar-refractivity contribution >= 4 is 0 Å². The van der Waals surface area contributed by atoms with E-state index in [1.807, 2.05) is 18.2 Å². The van der Waals surface area contributed by atoms with Crippen molar-refractivity contribution < 1.29 is 14.9 Å². The van der Waals surface area contributed by atoms with E-state index in [1.54, 1.807) is 0 Å². The molecule has 25 heavy (non-hydrogen) atoms. The van der Waals surface area contributed by atoms with E-state index in [4.69, 9.17) is 4.74 Å². The van der Waals surface area contributed by atoms with Crippen molar-refractivity contribution in [3.63, 3.8) is 0 Å². The number of hydrogen-bond donors (Lipinski definition) is 2. The van der Waals surface area contributed by atoms with E-state index in [0.717, 1.165) is 25.4 Å². The molecule has 0 radical (unpaired) electrons. The van der Waals surface area contributed by atoms with Gasteiger partial charge < -0.3 is 19.8 Å². The van der Waals surface area contributed by atoms with Crippen molar-refractivity contribution in [1.29, 1.82) is 0 Å². The van der Waals surface area contributed by atoms with Gasteiger partial charge in [-0.15, -0.1) is 0 Å². The second-order valence-corrected chi connectivity index (χ2v) is 7.69. The Morgan fingerprint density at radius 3 is 2.72 bits per heavy atom. The van der Waals surface area contributed by atoms with Gasteiger partial charge in [0.15, 0.2) is 0 Å². The Hall–Kier alpha value is -1.14. The lowest BCUT2D eigenvalue weighted by atomic mass is 9.94. The van der Waals surface area contributed by atoms with Gasteiger partial charge in [0.2, 0.25) is 0 Å². The number of likely N-dealkylation sites (N-methyl/N-ethyl adjacent to an activating group) is 1. The second kappa shape index (κ2) is 8.99. The van der Waals surface area contributed by atoms with Crippen LogP contribution in [0.15, 0.2) is 24.3 Å². The smallest absolute Gasteiger partial charge is 0.119 e. The van der Waals surface area contributed by atoms with Crippen molar-refractivity contribution in [2.24, 2.45) is 0 Å². The van der Waals surface area contributed by atoms with Crippen molar-refractivity contribution in [2.45, 2.75) is 56.9 Å². The monoisotopic (exact) mass is 348 g/mol. The van der Waals surface area contributed by atoms with Gasteiger partial charge in [-0.1, -0.05) is 31.4 Å². The van der Waals surface area contributed by atoms with Crippen LogP contribution < -0.4 is 4.74 Å². The van der Waals surface area contributed by atoms with Gasteiger partial charge in [0.05, 0.1) is 6.10 Å². The fourth-order valence-electron chi connectivity index (χ4n) is 3.91. The summed E-state index contributed by atoms with van der Waals surface area (Å²) in [6, 6.07) is 8.64. The SMILES string of the molecule is CN(CC(O)COc1cccc(CN2CC(O)C2)c1)C1CCCCC1. The Morgan fingerprint density at radius 2 is 2.00 bits per heavy atom. The third kappa shape index (κ3) is 5.68. The lowest BCUT2D eigenvalue weighted by Gasteiger charge is -2.35. The van der Waals surface area contributed by atoms with Crippen molar-refractivity contribution in [3.05, 3.63) is 29.8 Å². The highest BCUT2D eigenvalue weighted by Crippen LogP contribution is 2.22. The maximum Gasteiger partial charge on any atom is 0.119 e. The molecule has 5 nitrogen and oxygen atoms in total. The molecule has 0 spiro atoms. The van der Waals surface area contributed by atoms with E-state index in [9.17, 15) is 10.2 Å². The molecule has 5 heteroatoms. The van der Waals surface area contributed by atoms with Crippen LogP contribution in [0, 0.1) is 0 Å². The molecule has 1 unspecified atom stereocenters. The van der Waals surface area contributed by atoms with Crippen LogP contribution in [0.5, 0.6) is 5.75 Å². The van der Waals surface area contributed by atoms with Crippen LogP contribution in [0.2, 0.25) is 0 Å². The van der Waals surface area contributed by atoms with Gasteiger partial charge in [-0.2, -0.15) is 0 Å². The fourth-order valence-corrected chi connectivity index (χ4v) is 3.91. The van der Waals surface area contributed by atoms with Crippen molar-refractivity contribution in [2.75, 3.05) is 33.3 Å². The summed E-state index contributed by atoms with van der Waals surface area (Å²) in [7, 11) is 2.11. The molecule has 2 aliphatic rings. The highest BCUT2D eigenvalue weighted by Gasteiger charge is 2.24. The zero-order valence-electron chi connectivity index (χ0n) is 15.3. The summed E-state index contributed by atoms with van der Waals surface area (Å²) >= 11 is 0. The van der Waals surface area contributed by atoms with Gasteiger partial charge in [0.25, 0.3) is 0 Å².